The smallest absolute Gasteiger partial charge is 0.271 e. The van der Waals surface area contributed by atoms with E-state index in [0.717, 1.165) is 5.56 Å². The van der Waals surface area contributed by atoms with Gasteiger partial charge in [0.2, 0.25) is 0 Å². The molecule has 3 aromatic rings. The van der Waals surface area contributed by atoms with Gasteiger partial charge in [-0.15, -0.1) is 0 Å². The second-order valence-electron chi connectivity index (χ2n) is 6.65. The van der Waals surface area contributed by atoms with E-state index in [1.165, 1.54) is 30.3 Å². The van der Waals surface area contributed by atoms with Crippen LogP contribution >= 0.6 is 39.1 Å². The van der Waals surface area contributed by atoms with Gasteiger partial charge in [-0.1, -0.05) is 41.4 Å². The Morgan fingerprint density at radius 2 is 1.97 bits per heavy atom. The van der Waals surface area contributed by atoms with Crippen LogP contribution in [0.5, 0.6) is 5.75 Å². The molecule has 0 aromatic heterocycles. The maximum Gasteiger partial charge on any atom is 0.271 e. The molecule has 0 saturated heterocycles. The van der Waals surface area contributed by atoms with Crippen molar-refractivity contribution >= 4 is 62.5 Å². The first-order chi connectivity index (χ1) is 15.8. The van der Waals surface area contributed by atoms with Gasteiger partial charge < -0.3 is 10.1 Å². The molecule has 0 spiro atoms. The molecule has 0 heterocycles. The molecular weight excluding hydrogens is 533 g/mol. The van der Waals surface area contributed by atoms with Crippen molar-refractivity contribution in [1.29, 1.82) is 5.26 Å². The van der Waals surface area contributed by atoms with E-state index in [2.05, 4.69) is 21.2 Å². The molecular formula is C23H14BrCl2N3O4. The number of anilines is 1. The maximum atomic E-state index is 12.5. The van der Waals surface area contributed by atoms with Crippen molar-refractivity contribution in [3.05, 3.63) is 102 Å². The fraction of sp³-hybridized carbons (Fsp3) is 0.0435. The molecule has 0 unspecified atom stereocenters. The van der Waals surface area contributed by atoms with Crippen LogP contribution < -0.4 is 10.1 Å². The van der Waals surface area contributed by atoms with Crippen LogP contribution in [0, 0.1) is 21.4 Å². The molecule has 0 aliphatic rings. The second-order valence-corrected chi connectivity index (χ2v) is 8.34. The molecule has 0 aliphatic carbocycles. The Kier molecular flexibility index (Phi) is 8.06. The lowest BCUT2D eigenvalue weighted by atomic mass is 10.1. The van der Waals surface area contributed by atoms with Crippen molar-refractivity contribution in [3.8, 4) is 11.8 Å². The van der Waals surface area contributed by atoms with E-state index in [4.69, 9.17) is 27.9 Å². The fourth-order valence-corrected chi connectivity index (χ4v) is 3.70. The van der Waals surface area contributed by atoms with Crippen LogP contribution in [0.25, 0.3) is 6.08 Å². The molecule has 1 N–H and O–H groups in total. The SMILES string of the molecule is N#C/C(=C\c1ccc(OCc2ccc(Cl)cc2Cl)c(Br)c1)C(=O)Nc1cccc([N+](=O)[O-])c1. The molecule has 3 aromatic carbocycles. The van der Waals surface area contributed by atoms with Gasteiger partial charge in [-0.2, -0.15) is 5.26 Å². The normalized spacial score (nSPS) is 10.9. The number of carbonyl (C=O) groups is 1. The first-order valence-corrected chi connectivity index (χ1v) is 10.9. The molecule has 0 aliphatic heterocycles. The molecule has 10 heteroatoms. The number of hydrogen-bond acceptors (Lipinski definition) is 5. The quantitative estimate of drug-likeness (QED) is 0.152. The topological polar surface area (TPSA) is 105 Å². The molecule has 0 atom stereocenters. The van der Waals surface area contributed by atoms with Crippen LogP contribution in [0.1, 0.15) is 11.1 Å². The molecule has 166 valence electrons. The zero-order valence-electron chi connectivity index (χ0n) is 16.7. The highest BCUT2D eigenvalue weighted by Crippen LogP contribution is 2.29. The fourth-order valence-electron chi connectivity index (χ4n) is 2.73. The minimum atomic E-state index is -0.688. The summed E-state index contributed by atoms with van der Waals surface area (Å²) < 4.78 is 6.40. The van der Waals surface area contributed by atoms with Crippen LogP contribution in [0.4, 0.5) is 11.4 Å². The molecule has 0 bridgehead atoms. The Hall–Kier alpha value is -3.38. The highest BCUT2D eigenvalue weighted by atomic mass is 79.9. The summed E-state index contributed by atoms with van der Waals surface area (Å²) in [5.41, 5.74) is 1.21. The van der Waals surface area contributed by atoms with Gasteiger partial charge in [0, 0.05) is 33.4 Å². The van der Waals surface area contributed by atoms with Gasteiger partial charge in [-0.3, -0.25) is 14.9 Å². The Balaban J connectivity index is 1.72. The van der Waals surface area contributed by atoms with Crippen molar-refractivity contribution in [2.45, 2.75) is 6.61 Å². The summed E-state index contributed by atoms with van der Waals surface area (Å²) in [5.74, 6) is -0.149. The summed E-state index contributed by atoms with van der Waals surface area (Å²) in [6.07, 6.45) is 1.40. The van der Waals surface area contributed by atoms with Crippen molar-refractivity contribution < 1.29 is 14.5 Å². The number of rotatable bonds is 7. The average molecular weight is 547 g/mol. The van der Waals surface area contributed by atoms with Crippen molar-refractivity contribution in [3.63, 3.8) is 0 Å². The lowest BCUT2D eigenvalue weighted by Gasteiger charge is -2.10. The highest BCUT2D eigenvalue weighted by molar-refractivity contribution is 9.10. The standard InChI is InChI=1S/C23H14BrCl2N3O4/c24-20-9-14(4-7-22(20)33-13-15-5-6-17(25)10-21(15)26)8-16(12-27)23(30)28-18-2-1-3-19(11-18)29(31)32/h1-11H,13H2,(H,28,30)/b16-8+. The van der Waals surface area contributed by atoms with E-state index < -0.39 is 10.8 Å². The molecule has 3 rings (SSSR count). The summed E-state index contributed by atoms with van der Waals surface area (Å²) in [7, 11) is 0. The number of halogens is 3. The van der Waals surface area contributed by atoms with E-state index in [9.17, 15) is 20.2 Å². The number of nitro benzene ring substituents is 1. The van der Waals surface area contributed by atoms with E-state index in [1.54, 1.807) is 36.4 Å². The lowest BCUT2D eigenvalue weighted by Crippen LogP contribution is -2.13. The largest absolute Gasteiger partial charge is 0.488 e. The van der Waals surface area contributed by atoms with E-state index in [0.29, 0.717) is 25.8 Å². The van der Waals surface area contributed by atoms with Crippen molar-refractivity contribution in [1.82, 2.24) is 0 Å². The maximum absolute atomic E-state index is 12.5. The number of hydrogen-bond donors (Lipinski definition) is 1. The first-order valence-electron chi connectivity index (χ1n) is 9.30. The minimum absolute atomic E-state index is 0.171. The predicted octanol–water partition coefficient (Wildman–Crippen LogP) is 6.79. The second kappa shape index (κ2) is 11.0. The monoisotopic (exact) mass is 545 g/mol. The van der Waals surface area contributed by atoms with E-state index >= 15 is 0 Å². The lowest BCUT2D eigenvalue weighted by molar-refractivity contribution is -0.384. The number of ether oxygens (including phenoxy) is 1. The summed E-state index contributed by atoms with van der Waals surface area (Å²) in [5, 5.41) is 23.8. The van der Waals surface area contributed by atoms with Crippen LogP contribution in [-0.4, -0.2) is 10.8 Å². The van der Waals surface area contributed by atoms with Gasteiger partial charge >= 0.3 is 0 Å². The van der Waals surface area contributed by atoms with Crippen LogP contribution in [0.15, 0.2) is 70.7 Å². The predicted molar refractivity (Wildman–Crippen MR) is 130 cm³/mol. The van der Waals surface area contributed by atoms with Gasteiger partial charge in [0.1, 0.15) is 24.0 Å². The molecule has 0 fully saturated rings. The summed E-state index contributed by atoms with van der Waals surface area (Å²) >= 11 is 15.5. The number of amides is 1. The van der Waals surface area contributed by atoms with Crippen molar-refractivity contribution in [2.75, 3.05) is 5.32 Å². The van der Waals surface area contributed by atoms with Crippen LogP contribution in [0.2, 0.25) is 10.0 Å². The van der Waals surface area contributed by atoms with Crippen molar-refractivity contribution in [2.24, 2.45) is 0 Å². The third kappa shape index (κ3) is 6.56. The zero-order chi connectivity index (χ0) is 24.0. The molecule has 0 saturated carbocycles. The highest BCUT2D eigenvalue weighted by Gasteiger charge is 2.13. The van der Waals surface area contributed by atoms with E-state index in [-0.39, 0.29) is 23.6 Å². The van der Waals surface area contributed by atoms with Gasteiger partial charge in [0.15, 0.2) is 0 Å². The summed E-state index contributed by atoms with van der Waals surface area (Å²) in [4.78, 5) is 22.8. The first kappa shape index (κ1) is 24.3. The molecule has 7 nitrogen and oxygen atoms in total. The van der Waals surface area contributed by atoms with Gasteiger partial charge in [0.25, 0.3) is 11.6 Å². The minimum Gasteiger partial charge on any atom is -0.488 e. The third-order valence-electron chi connectivity index (χ3n) is 4.35. The average Bonchev–Trinajstić information content (AvgIpc) is 2.78. The number of nitriles is 1. The van der Waals surface area contributed by atoms with Gasteiger partial charge in [0.05, 0.1) is 9.40 Å². The number of nitrogens with zero attached hydrogens (tertiary/aromatic N) is 2. The number of carbonyl (C=O) groups excluding carboxylic acids is 1. The third-order valence-corrected chi connectivity index (χ3v) is 5.55. The summed E-state index contributed by atoms with van der Waals surface area (Å²) in [6, 6.07) is 17.5. The number of nitrogens with one attached hydrogen (secondary N) is 1. The Morgan fingerprint density at radius 3 is 2.64 bits per heavy atom. The number of non-ortho nitro benzene ring substituents is 1. The van der Waals surface area contributed by atoms with Crippen LogP contribution in [-0.2, 0) is 11.4 Å². The van der Waals surface area contributed by atoms with Gasteiger partial charge in [-0.05, 0) is 57.9 Å². The summed E-state index contributed by atoms with van der Waals surface area (Å²) in [6.45, 7) is 0.221. The van der Waals surface area contributed by atoms with E-state index in [1.807, 2.05) is 6.07 Å². The Bertz CT molecular complexity index is 1310. The zero-order valence-corrected chi connectivity index (χ0v) is 19.8. The Labute approximate surface area is 207 Å². The molecule has 0 radical (unpaired) electrons. The van der Waals surface area contributed by atoms with Gasteiger partial charge in [-0.25, -0.2) is 0 Å². The molecule has 1 amide bonds. The number of nitro groups is 1. The Morgan fingerprint density at radius 1 is 1.18 bits per heavy atom. The molecule has 33 heavy (non-hydrogen) atoms. The van der Waals surface area contributed by atoms with Crippen LogP contribution in [0.3, 0.4) is 0 Å². The number of benzene rings is 3.